The van der Waals surface area contributed by atoms with Crippen LogP contribution in [0.4, 0.5) is 0 Å². The van der Waals surface area contributed by atoms with Crippen LogP contribution in [0.5, 0.6) is 11.5 Å². The van der Waals surface area contributed by atoms with E-state index in [1.54, 1.807) is 18.2 Å². The van der Waals surface area contributed by atoms with E-state index in [1.165, 1.54) is 0 Å². The van der Waals surface area contributed by atoms with Gasteiger partial charge in [0.25, 0.3) is 0 Å². The summed E-state index contributed by atoms with van der Waals surface area (Å²) in [6, 6.07) is 7.02. The average molecular weight is 295 g/mol. The second kappa shape index (κ2) is 4.82. The summed E-state index contributed by atoms with van der Waals surface area (Å²) in [5, 5.41) is 3.76. The molecule has 6 nitrogen and oxygen atoms in total. The van der Waals surface area contributed by atoms with Crippen LogP contribution >= 0.6 is 0 Å². The van der Waals surface area contributed by atoms with Crippen molar-refractivity contribution in [1.29, 1.82) is 0 Å². The summed E-state index contributed by atoms with van der Waals surface area (Å²) in [6.07, 6.45) is 1.16. The fourth-order valence-electron chi connectivity index (χ4n) is 1.98. The first-order chi connectivity index (χ1) is 9.51. The SMILES string of the molecule is CS(=O)(=O)Cc1cc(-c2ccc3c(c2)OCCO3)on1. The monoisotopic (exact) mass is 295 g/mol. The van der Waals surface area contributed by atoms with Crippen LogP contribution in [-0.4, -0.2) is 33.0 Å². The van der Waals surface area contributed by atoms with Crippen molar-refractivity contribution in [2.45, 2.75) is 5.75 Å². The van der Waals surface area contributed by atoms with Gasteiger partial charge in [-0.2, -0.15) is 0 Å². The van der Waals surface area contributed by atoms with E-state index in [4.69, 9.17) is 14.0 Å². The second-order valence-electron chi connectivity index (χ2n) is 4.61. The van der Waals surface area contributed by atoms with Gasteiger partial charge in [-0.25, -0.2) is 8.42 Å². The van der Waals surface area contributed by atoms with Crippen molar-refractivity contribution in [1.82, 2.24) is 5.16 Å². The first kappa shape index (κ1) is 13.0. The number of hydrogen-bond acceptors (Lipinski definition) is 6. The largest absolute Gasteiger partial charge is 0.486 e. The van der Waals surface area contributed by atoms with Gasteiger partial charge in [0.15, 0.2) is 27.1 Å². The molecule has 0 unspecified atom stereocenters. The zero-order valence-electron chi connectivity index (χ0n) is 10.8. The topological polar surface area (TPSA) is 78.6 Å². The number of fused-ring (bicyclic) bond motifs is 1. The number of sulfone groups is 1. The molecule has 0 aliphatic carbocycles. The molecule has 0 N–H and O–H groups in total. The molecule has 0 saturated heterocycles. The molecule has 0 atom stereocenters. The van der Waals surface area contributed by atoms with Crippen molar-refractivity contribution in [3.8, 4) is 22.8 Å². The summed E-state index contributed by atoms with van der Waals surface area (Å²) < 4.78 is 38.5. The van der Waals surface area contributed by atoms with E-state index in [1.807, 2.05) is 6.07 Å². The lowest BCUT2D eigenvalue weighted by molar-refractivity contribution is 0.171. The zero-order valence-corrected chi connectivity index (χ0v) is 11.6. The Morgan fingerprint density at radius 3 is 2.65 bits per heavy atom. The maximum absolute atomic E-state index is 11.2. The lowest BCUT2D eigenvalue weighted by Gasteiger charge is -2.18. The molecule has 1 aromatic heterocycles. The maximum atomic E-state index is 11.2. The highest BCUT2D eigenvalue weighted by Gasteiger charge is 2.16. The number of rotatable bonds is 3. The van der Waals surface area contributed by atoms with E-state index >= 15 is 0 Å². The fourth-order valence-corrected chi connectivity index (χ4v) is 2.65. The van der Waals surface area contributed by atoms with Gasteiger partial charge in [0.05, 0.1) is 11.4 Å². The number of benzene rings is 1. The van der Waals surface area contributed by atoms with Gasteiger partial charge >= 0.3 is 0 Å². The lowest BCUT2D eigenvalue weighted by atomic mass is 10.1. The van der Waals surface area contributed by atoms with E-state index in [-0.39, 0.29) is 5.75 Å². The van der Waals surface area contributed by atoms with E-state index in [9.17, 15) is 8.42 Å². The Morgan fingerprint density at radius 2 is 1.90 bits per heavy atom. The molecule has 1 aliphatic heterocycles. The lowest BCUT2D eigenvalue weighted by Crippen LogP contribution is -2.15. The Balaban J connectivity index is 1.89. The number of ether oxygens (including phenoxy) is 2. The van der Waals surface area contributed by atoms with Gasteiger partial charge in [-0.15, -0.1) is 0 Å². The standard InChI is InChI=1S/C13H13NO5S/c1-20(15,16)8-10-7-12(19-14-10)9-2-3-11-13(6-9)18-5-4-17-11/h2-3,6-7H,4-5,8H2,1H3. The fraction of sp³-hybridized carbons (Fsp3) is 0.308. The van der Waals surface area contributed by atoms with Gasteiger partial charge < -0.3 is 14.0 Å². The smallest absolute Gasteiger partial charge is 0.167 e. The number of hydrogen-bond donors (Lipinski definition) is 0. The van der Waals surface area contributed by atoms with Crippen molar-refractivity contribution in [3.05, 3.63) is 30.0 Å². The summed E-state index contributed by atoms with van der Waals surface area (Å²) in [4.78, 5) is 0. The van der Waals surface area contributed by atoms with Crippen LogP contribution in [0.15, 0.2) is 28.8 Å². The molecule has 0 radical (unpaired) electrons. The third-order valence-corrected chi connectivity index (χ3v) is 3.62. The summed E-state index contributed by atoms with van der Waals surface area (Å²) in [7, 11) is -3.13. The molecule has 20 heavy (non-hydrogen) atoms. The molecular weight excluding hydrogens is 282 g/mol. The van der Waals surface area contributed by atoms with Crippen molar-refractivity contribution in [2.24, 2.45) is 0 Å². The third kappa shape index (κ3) is 2.77. The average Bonchev–Trinajstić information content (AvgIpc) is 2.84. The molecule has 7 heteroatoms. The minimum absolute atomic E-state index is 0.138. The summed E-state index contributed by atoms with van der Waals surface area (Å²) in [6.45, 7) is 1.04. The van der Waals surface area contributed by atoms with E-state index < -0.39 is 9.84 Å². The normalized spacial score (nSPS) is 14.2. The van der Waals surface area contributed by atoms with Gasteiger partial charge in [-0.1, -0.05) is 5.16 Å². The van der Waals surface area contributed by atoms with Crippen molar-refractivity contribution in [3.63, 3.8) is 0 Å². The van der Waals surface area contributed by atoms with Gasteiger partial charge in [-0.3, -0.25) is 0 Å². The summed E-state index contributed by atoms with van der Waals surface area (Å²) in [5.41, 5.74) is 1.15. The van der Waals surface area contributed by atoms with Crippen LogP contribution in [0, 0.1) is 0 Å². The summed E-state index contributed by atoms with van der Waals surface area (Å²) >= 11 is 0. The van der Waals surface area contributed by atoms with E-state index in [2.05, 4.69) is 5.16 Å². The quantitative estimate of drug-likeness (QED) is 0.857. The molecule has 0 spiro atoms. The zero-order chi connectivity index (χ0) is 14.2. The molecule has 2 heterocycles. The van der Waals surface area contributed by atoms with Crippen molar-refractivity contribution < 1.29 is 22.4 Å². The number of aromatic nitrogens is 1. The molecule has 0 amide bonds. The maximum Gasteiger partial charge on any atom is 0.167 e. The van der Waals surface area contributed by atoms with Crippen LogP contribution in [0.1, 0.15) is 5.69 Å². The first-order valence-corrected chi connectivity index (χ1v) is 8.11. The van der Waals surface area contributed by atoms with Gasteiger partial charge in [0.2, 0.25) is 0 Å². The van der Waals surface area contributed by atoms with Crippen molar-refractivity contribution in [2.75, 3.05) is 19.5 Å². The van der Waals surface area contributed by atoms with E-state index in [0.29, 0.717) is 36.2 Å². The highest BCUT2D eigenvalue weighted by molar-refractivity contribution is 7.89. The van der Waals surface area contributed by atoms with Crippen LogP contribution < -0.4 is 9.47 Å². The van der Waals surface area contributed by atoms with Gasteiger partial charge in [-0.05, 0) is 18.2 Å². The predicted octanol–water partition coefficient (Wildman–Crippen LogP) is 1.66. The minimum atomic E-state index is -3.13. The highest BCUT2D eigenvalue weighted by atomic mass is 32.2. The first-order valence-electron chi connectivity index (χ1n) is 6.05. The molecule has 0 saturated carbocycles. The third-order valence-electron chi connectivity index (χ3n) is 2.80. The van der Waals surface area contributed by atoms with Gasteiger partial charge in [0, 0.05) is 17.9 Å². The van der Waals surface area contributed by atoms with Crippen molar-refractivity contribution >= 4 is 9.84 Å². The molecular formula is C13H13NO5S. The summed E-state index contributed by atoms with van der Waals surface area (Å²) in [5.74, 6) is 1.70. The Labute approximate surface area is 116 Å². The molecule has 2 aromatic rings. The molecule has 106 valence electrons. The Morgan fingerprint density at radius 1 is 1.15 bits per heavy atom. The molecule has 0 bridgehead atoms. The molecule has 3 rings (SSSR count). The number of nitrogens with zero attached hydrogens (tertiary/aromatic N) is 1. The molecule has 1 aromatic carbocycles. The molecule has 0 fully saturated rings. The Bertz CT molecular complexity index is 735. The van der Waals surface area contributed by atoms with Crippen LogP contribution in [0.2, 0.25) is 0 Å². The Kier molecular flexibility index (Phi) is 3.13. The minimum Gasteiger partial charge on any atom is -0.486 e. The second-order valence-corrected chi connectivity index (χ2v) is 6.75. The van der Waals surface area contributed by atoms with Crippen LogP contribution in [0.25, 0.3) is 11.3 Å². The van der Waals surface area contributed by atoms with E-state index in [0.717, 1.165) is 11.8 Å². The van der Waals surface area contributed by atoms with Gasteiger partial charge in [0.1, 0.15) is 13.2 Å². The predicted molar refractivity (Wildman–Crippen MR) is 71.5 cm³/mol. The van der Waals surface area contributed by atoms with Crippen LogP contribution in [0.3, 0.4) is 0 Å². The molecule has 1 aliphatic rings. The highest BCUT2D eigenvalue weighted by Crippen LogP contribution is 2.34. The Hall–Kier alpha value is -2.02. The van der Waals surface area contributed by atoms with Crippen LogP contribution in [-0.2, 0) is 15.6 Å².